The first kappa shape index (κ1) is 45.9. The highest BCUT2D eigenvalue weighted by Gasteiger charge is 2.44. The number of thiazole rings is 1. The van der Waals surface area contributed by atoms with E-state index in [1.54, 1.807) is 29.0 Å². The summed E-state index contributed by atoms with van der Waals surface area (Å²) in [5, 5.41) is 16.2. The van der Waals surface area contributed by atoms with Crippen molar-refractivity contribution in [1.29, 1.82) is 0 Å². The van der Waals surface area contributed by atoms with Crippen LogP contribution in [0.15, 0.2) is 58.9 Å². The Balaban J connectivity index is 1.07. The molecule has 3 N–H and O–H groups in total. The molecule has 57 heavy (non-hydrogen) atoms. The van der Waals surface area contributed by atoms with Gasteiger partial charge in [0, 0.05) is 25.9 Å². The van der Waals surface area contributed by atoms with Gasteiger partial charge in [0.15, 0.2) is 0 Å². The molecule has 3 amide bonds. The number of nitrogens with zero attached hydrogens (tertiary/aromatic N) is 2. The molecule has 1 aliphatic rings. The summed E-state index contributed by atoms with van der Waals surface area (Å²) in [6.45, 7) is 11.4. The number of hydrogen-bond acceptors (Lipinski definition) is 13. The van der Waals surface area contributed by atoms with Crippen LogP contribution in [-0.4, -0.2) is 125 Å². The summed E-state index contributed by atoms with van der Waals surface area (Å²) in [5.41, 5.74) is 4.98. The van der Waals surface area contributed by atoms with E-state index in [0.29, 0.717) is 19.8 Å². The van der Waals surface area contributed by atoms with E-state index in [0.717, 1.165) is 27.3 Å². The number of carbonyl (C=O) groups is 3. The fraction of sp³-hybridized carbons (Fsp3) is 0.550. The number of aliphatic hydroxyl groups is 1. The summed E-state index contributed by atoms with van der Waals surface area (Å²) >= 11 is 1.57. The average Bonchev–Trinajstić information content (AvgIpc) is 3.79. The van der Waals surface area contributed by atoms with Crippen LogP contribution in [0.5, 0.6) is 0 Å². The molecule has 0 spiro atoms. The van der Waals surface area contributed by atoms with Gasteiger partial charge in [-0.2, -0.15) is 8.42 Å². The summed E-state index contributed by atoms with van der Waals surface area (Å²) < 4.78 is 51.1. The predicted octanol–water partition coefficient (Wildman–Crippen LogP) is 3.40. The van der Waals surface area contributed by atoms with Gasteiger partial charge in [-0.25, -0.2) is 4.98 Å². The molecule has 0 aliphatic carbocycles. The number of likely N-dealkylation sites (tertiary alicyclic amines) is 1. The number of β-amino-alcohol motifs (C(OH)–C–C–N with tert-alkyl or cyclic N) is 1. The Labute approximate surface area is 339 Å². The van der Waals surface area contributed by atoms with Crippen LogP contribution in [0.25, 0.3) is 10.4 Å². The van der Waals surface area contributed by atoms with Crippen LogP contribution in [0, 0.1) is 19.3 Å². The second-order valence-electron chi connectivity index (χ2n) is 14.7. The maximum atomic E-state index is 13.9. The number of aromatic nitrogens is 1. The second-order valence-corrected chi connectivity index (χ2v) is 17.2. The Kier molecular flexibility index (Phi) is 18.0. The van der Waals surface area contributed by atoms with Gasteiger partial charge in [0.25, 0.3) is 10.1 Å². The molecule has 314 valence electrons. The lowest BCUT2D eigenvalue weighted by atomic mass is 9.85. The highest BCUT2D eigenvalue weighted by Crippen LogP contribution is 2.28. The van der Waals surface area contributed by atoms with Crippen LogP contribution in [0.2, 0.25) is 0 Å². The Morgan fingerprint density at radius 1 is 0.877 bits per heavy atom. The number of ether oxygens (including phenoxy) is 4. The van der Waals surface area contributed by atoms with E-state index in [9.17, 15) is 27.9 Å². The lowest BCUT2D eigenvalue weighted by molar-refractivity contribution is -0.144. The molecule has 3 aromatic rings. The van der Waals surface area contributed by atoms with Crippen LogP contribution in [-0.2, 0) is 54.2 Å². The van der Waals surface area contributed by atoms with Gasteiger partial charge in [-0.05, 0) is 42.5 Å². The molecule has 17 heteroatoms. The zero-order chi connectivity index (χ0) is 41.4. The molecule has 4 rings (SSSR count). The highest BCUT2D eigenvalue weighted by atomic mass is 32.2. The summed E-state index contributed by atoms with van der Waals surface area (Å²) in [6, 6.07) is 12.4. The van der Waals surface area contributed by atoms with E-state index in [4.69, 9.17) is 23.1 Å². The number of nitrogens with one attached hydrogen (secondary N) is 2. The zero-order valence-electron chi connectivity index (χ0n) is 33.4. The first-order valence-corrected chi connectivity index (χ1v) is 21.3. The maximum absolute atomic E-state index is 13.9. The van der Waals surface area contributed by atoms with E-state index in [1.807, 2.05) is 58.9 Å². The lowest BCUT2D eigenvalue weighted by Gasteiger charge is -2.35. The molecule has 0 unspecified atom stereocenters. The van der Waals surface area contributed by atoms with Gasteiger partial charge in [-0.1, -0.05) is 62.7 Å². The van der Waals surface area contributed by atoms with Gasteiger partial charge in [-0.3, -0.25) is 18.6 Å². The van der Waals surface area contributed by atoms with E-state index < -0.39 is 39.6 Å². The van der Waals surface area contributed by atoms with Crippen molar-refractivity contribution in [3.8, 4) is 10.4 Å². The molecule has 1 aromatic heterocycles. The fourth-order valence-corrected chi connectivity index (χ4v) is 7.62. The first-order chi connectivity index (χ1) is 27.2. The third-order valence-electron chi connectivity index (χ3n) is 9.08. The molecule has 1 aliphatic heterocycles. The van der Waals surface area contributed by atoms with Crippen molar-refractivity contribution in [1.82, 2.24) is 20.5 Å². The molecule has 3 atom stereocenters. The molecular formula is C40H56N4O11S2. The molecule has 2 aromatic carbocycles. The first-order valence-electron chi connectivity index (χ1n) is 19.0. The molecule has 15 nitrogen and oxygen atoms in total. The standard InChI is InChI=1S/C40H56N4O11S2/c1-28-6-12-33(13-7-28)57(49,50)55-23-22-54-21-20-53-19-18-52-17-16-51-15-14-35(46)43-37(40(3,4)5)39(48)44-26-32(45)24-34(44)38(47)41-25-30-8-10-31(11-9-30)36-29(2)42-27-56-36/h6-13,27,32,34,37,45H,14-26H2,1-5H3,(H,41,47)(H,43,46)/t32-,34+,37-/m1/s1. The minimum absolute atomic E-state index is 0.0107. The van der Waals surface area contributed by atoms with E-state index >= 15 is 0 Å². The SMILES string of the molecule is Cc1ccc(S(=O)(=O)OCCOCCOCCOCCOCCC(=O)N[C@H](C(=O)N2C[C@H](O)C[C@H]2C(=O)NCc2ccc(-c3scnc3C)cc2)C(C)(C)C)cc1. The molecule has 2 heterocycles. The van der Waals surface area contributed by atoms with Crippen molar-refractivity contribution >= 4 is 39.2 Å². The highest BCUT2D eigenvalue weighted by molar-refractivity contribution is 7.86. The van der Waals surface area contributed by atoms with Crippen molar-refractivity contribution in [2.75, 3.05) is 66.0 Å². The number of benzene rings is 2. The van der Waals surface area contributed by atoms with Gasteiger partial charge >= 0.3 is 0 Å². The number of hydrogen-bond donors (Lipinski definition) is 3. The third kappa shape index (κ3) is 14.8. The quantitative estimate of drug-likeness (QED) is 0.0934. The molecule has 0 radical (unpaired) electrons. The van der Waals surface area contributed by atoms with Gasteiger partial charge in [0.2, 0.25) is 17.7 Å². The summed E-state index contributed by atoms with van der Waals surface area (Å²) in [7, 11) is -3.82. The molecular weight excluding hydrogens is 777 g/mol. The third-order valence-corrected chi connectivity index (χ3v) is 11.4. The smallest absolute Gasteiger partial charge is 0.297 e. The Hall–Kier alpha value is -3.81. The van der Waals surface area contributed by atoms with Crippen LogP contribution < -0.4 is 10.6 Å². The van der Waals surface area contributed by atoms with Crippen LogP contribution in [0.4, 0.5) is 0 Å². The Morgan fingerprint density at radius 3 is 2.02 bits per heavy atom. The predicted molar refractivity (Wildman–Crippen MR) is 214 cm³/mol. The van der Waals surface area contributed by atoms with Gasteiger partial charge in [0.05, 0.1) is 86.5 Å². The van der Waals surface area contributed by atoms with Crippen molar-refractivity contribution in [3.05, 3.63) is 70.9 Å². The topological polar surface area (TPSA) is 192 Å². The van der Waals surface area contributed by atoms with E-state index in [1.165, 1.54) is 17.0 Å². The van der Waals surface area contributed by atoms with Gasteiger partial charge < -0.3 is 39.6 Å². The normalized spacial score (nSPS) is 16.4. The minimum atomic E-state index is -3.82. The lowest BCUT2D eigenvalue weighted by Crippen LogP contribution is -2.57. The van der Waals surface area contributed by atoms with Crippen molar-refractivity contribution in [2.45, 2.75) is 77.1 Å². The average molecular weight is 833 g/mol. The summed E-state index contributed by atoms with van der Waals surface area (Å²) in [4.78, 5) is 47.0. The molecule has 0 bridgehead atoms. The second kappa shape index (κ2) is 22.4. The Bertz CT molecular complexity index is 1830. The molecule has 0 saturated carbocycles. The van der Waals surface area contributed by atoms with E-state index in [2.05, 4.69) is 15.6 Å². The van der Waals surface area contributed by atoms with Crippen molar-refractivity contribution in [2.24, 2.45) is 5.41 Å². The number of rotatable bonds is 23. The fourth-order valence-electron chi connectivity index (χ4n) is 5.92. The van der Waals surface area contributed by atoms with Crippen LogP contribution in [0.3, 0.4) is 0 Å². The Morgan fingerprint density at radius 2 is 1.46 bits per heavy atom. The summed E-state index contributed by atoms with van der Waals surface area (Å²) in [5.74, 6) is -1.18. The van der Waals surface area contributed by atoms with Crippen molar-refractivity contribution < 1.29 is 51.0 Å². The van der Waals surface area contributed by atoms with E-state index in [-0.39, 0.29) is 82.3 Å². The number of amides is 3. The summed E-state index contributed by atoms with van der Waals surface area (Å²) in [6.07, 6.45) is -0.751. The van der Waals surface area contributed by atoms with Crippen LogP contribution >= 0.6 is 11.3 Å². The van der Waals surface area contributed by atoms with Gasteiger partial charge in [0.1, 0.15) is 12.1 Å². The largest absolute Gasteiger partial charge is 0.391 e. The minimum Gasteiger partial charge on any atom is -0.391 e. The number of aliphatic hydroxyl groups excluding tert-OH is 1. The zero-order valence-corrected chi connectivity index (χ0v) is 35.0. The van der Waals surface area contributed by atoms with Crippen LogP contribution in [0.1, 0.15) is 50.4 Å². The van der Waals surface area contributed by atoms with Crippen molar-refractivity contribution in [3.63, 3.8) is 0 Å². The molecule has 1 saturated heterocycles. The maximum Gasteiger partial charge on any atom is 0.297 e. The van der Waals surface area contributed by atoms with Gasteiger partial charge in [-0.15, -0.1) is 11.3 Å². The molecule has 1 fully saturated rings. The monoisotopic (exact) mass is 832 g/mol. The number of carbonyl (C=O) groups excluding carboxylic acids is 3. The number of aryl methyl sites for hydroxylation is 2.